The number of halogens is 4. The highest BCUT2D eigenvalue weighted by Gasteiger charge is 2.41. The minimum absolute atomic E-state index is 0.0885. The number of rotatable bonds is 8. The number of hydrogen-bond acceptors (Lipinski definition) is 5. The van der Waals surface area contributed by atoms with Crippen LogP contribution in [-0.4, -0.2) is 27.4 Å². The van der Waals surface area contributed by atoms with Crippen molar-refractivity contribution in [2.45, 2.75) is 43.3 Å². The number of nitrogens with zero attached hydrogens (tertiary/aromatic N) is 1. The molecule has 0 radical (unpaired) electrons. The number of hydrogen-bond donors (Lipinski definition) is 1. The van der Waals surface area contributed by atoms with Gasteiger partial charge < -0.3 is 19.0 Å². The molecule has 1 aliphatic heterocycles. The molecule has 4 aromatic rings. The molecule has 1 saturated heterocycles. The summed E-state index contributed by atoms with van der Waals surface area (Å²) in [6.45, 7) is 0.742. The van der Waals surface area contributed by atoms with Crippen molar-refractivity contribution >= 4 is 28.2 Å². The van der Waals surface area contributed by atoms with Gasteiger partial charge in [0.15, 0.2) is 0 Å². The predicted molar refractivity (Wildman–Crippen MR) is 136 cm³/mol. The van der Waals surface area contributed by atoms with Crippen molar-refractivity contribution in [3.05, 3.63) is 95.3 Å². The molecule has 39 heavy (non-hydrogen) atoms. The van der Waals surface area contributed by atoms with Gasteiger partial charge in [-0.05, 0) is 60.4 Å². The first-order valence-corrected chi connectivity index (χ1v) is 13.3. The number of fused-ring (bicyclic) bond motifs is 1. The van der Waals surface area contributed by atoms with Crippen LogP contribution in [-0.2, 0) is 35.5 Å². The van der Waals surface area contributed by atoms with E-state index in [1.165, 1.54) is 24.3 Å². The van der Waals surface area contributed by atoms with E-state index in [2.05, 4.69) is 5.32 Å². The highest BCUT2D eigenvalue weighted by molar-refractivity contribution is 7.89. The van der Waals surface area contributed by atoms with Gasteiger partial charge in [0.1, 0.15) is 41.2 Å². The lowest BCUT2D eigenvalue weighted by Crippen LogP contribution is -2.45. The zero-order valence-corrected chi connectivity index (χ0v) is 21.4. The predicted octanol–water partition coefficient (Wildman–Crippen LogP) is 5.97. The van der Waals surface area contributed by atoms with Gasteiger partial charge in [0.2, 0.25) is 5.91 Å². The maximum atomic E-state index is 13.5. The van der Waals surface area contributed by atoms with E-state index in [-0.39, 0.29) is 24.2 Å². The summed E-state index contributed by atoms with van der Waals surface area (Å²) < 4.78 is 77.8. The second-order valence-corrected chi connectivity index (χ2v) is 10.5. The third-order valence-corrected chi connectivity index (χ3v) is 7.81. The topological polar surface area (TPSA) is 77.8 Å². The number of nitrogens with one attached hydrogen (secondary N) is 1. The van der Waals surface area contributed by atoms with Crippen LogP contribution in [0.1, 0.15) is 29.5 Å². The van der Waals surface area contributed by atoms with Crippen LogP contribution in [0, 0.1) is 5.82 Å². The summed E-state index contributed by atoms with van der Waals surface area (Å²) in [5.41, 5.74) is 0.921. The smallest absolute Gasteiger partial charge is 0.416 e. The van der Waals surface area contributed by atoms with E-state index in [1.807, 2.05) is 6.07 Å². The third-order valence-electron chi connectivity index (χ3n) is 6.40. The zero-order valence-electron chi connectivity index (χ0n) is 20.5. The molecule has 6 nitrogen and oxygen atoms in total. The van der Waals surface area contributed by atoms with Crippen LogP contribution in [0.5, 0.6) is 5.75 Å². The zero-order chi connectivity index (χ0) is 27.6. The second-order valence-electron chi connectivity index (χ2n) is 9.14. The molecule has 1 unspecified atom stereocenters. The van der Waals surface area contributed by atoms with Gasteiger partial charge in [-0.15, -0.1) is 4.31 Å². The van der Waals surface area contributed by atoms with Crippen LogP contribution in [0.3, 0.4) is 0 Å². The van der Waals surface area contributed by atoms with Crippen LogP contribution in [0.25, 0.3) is 11.0 Å². The Labute approximate surface area is 224 Å². The molecule has 1 aliphatic rings. The minimum Gasteiger partial charge on any atom is -0.590 e. The van der Waals surface area contributed by atoms with Crippen LogP contribution in [0.15, 0.2) is 82.3 Å². The van der Waals surface area contributed by atoms with Crippen molar-refractivity contribution < 1.29 is 36.1 Å². The lowest BCUT2D eigenvalue weighted by molar-refractivity contribution is -0.137. The van der Waals surface area contributed by atoms with Crippen molar-refractivity contribution in [3.8, 4) is 5.75 Å². The Morgan fingerprint density at radius 2 is 1.87 bits per heavy atom. The molecule has 0 saturated carbocycles. The van der Waals surface area contributed by atoms with Gasteiger partial charge in [0.05, 0.1) is 5.56 Å². The molecule has 2 atom stereocenters. The summed E-state index contributed by atoms with van der Waals surface area (Å²) in [5.74, 6) is -0.229. The molecule has 0 bridgehead atoms. The van der Waals surface area contributed by atoms with E-state index in [0.29, 0.717) is 41.7 Å². The summed E-state index contributed by atoms with van der Waals surface area (Å²) in [6.07, 6.45) is -3.18. The molecule has 5 rings (SSSR count). The van der Waals surface area contributed by atoms with Crippen LogP contribution < -0.4 is 10.1 Å². The van der Waals surface area contributed by atoms with Gasteiger partial charge in [-0.1, -0.05) is 24.3 Å². The fourth-order valence-corrected chi connectivity index (χ4v) is 5.74. The van der Waals surface area contributed by atoms with E-state index in [4.69, 9.17) is 9.15 Å². The van der Waals surface area contributed by atoms with E-state index in [1.54, 1.807) is 34.6 Å². The number of carbonyl (C=O) groups excluding carboxylic acids is 1. The van der Waals surface area contributed by atoms with Crippen LogP contribution in [0.2, 0.25) is 0 Å². The Morgan fingerprint density at radius 1 is 1.08 bits per heavy atom. The molecular weight excluding hydrogens is 536 g/mol. The van der Waals surface area contributed by atoms with Crippen molar-refractivity contribution in [1.29, 1.82) is 0 Å². The molecule has 2 heterocycles. The van der Waals surface area contributed by atoms with Gasteiger partial charge in [0, 0.05) is 30.6 Å². The lowest BCUT2D eigenvalue weighted by atomic mass is 10.1. The number of furan rings is 1. The number of carbonyl (C=O) groups is 1. The summed E-state index contributed by atoms with van der Waals surface area (Å²) in [5, 5.41) is 3.66. The number of benzene rings is 3. The van der Waals surface area contributed by atoms with Crippen LogP contribution in [0.4, 0.5) is 17.6 Å². The molecular formula is C28H24F4N2O4S. The Bertz CT molecular complexity index is 1460. The molecule has 1 amide bonds. The number of alkyl halides is 3. The first-order chi connectivity index (χ1) is 18.7. The first kappa shape index (κ1) is 27.0. The standard InChI is InChI=1S/C28H24F4N2O4S/c29-22-11-8-20-14-26(38-25(20)15-22)39(36)34-12-2-5-24(34)27(35)33-16-19-3-1-4-23(13-19)37-17-18-6-9-21(10-7-18)28(30,31)32/h1,3-4,6-11,13-15,24H,2,5,12,16-17H2,(H,33,35)/t24-,39?/m0/s1. The van der Waals surface area contributed by atoms with E-state index >= 15 is 0 Å². The highest BCUT2D eigenvalue weighted by Crippen LogP contribution is 2.31. The second kappa shape index (κ2) is 11.3. The maximum absolute atomic E-state index is 13.5. The Morgan fingerprint density at radius 3 is 2.64 bits per heavy atom. The van der Waals surface area contributed by atoms with Gasteiger partial charge in [-0.2, -0.15) is 13.2 Å². The Hall–Kier alpha value is -3.54. The molecule has 1 N–H and O–H groups in total. The lowest BCUT2D eigenvalue weighted by Gasteiger charge is -2.23. The molecule has 0 aliphatic carbocycles. The molecule has 1 aromatic heterocycles. The highest BCUT2D eigenvalue weighted by atomic mass is 32.2. The molecule has 11 heteroatoms. The van der Waals surface area contributed by atoms with Crippen molar-refractivity contribution in [2.24, 2.45) is 0 Å². The molecule has 204 valence electrons. The van der Waals surface area contributed by atoms with E-state index in [0.717, 1.165) is 17.7 Å². The average Bonchev–Trinajstić information content (AvgIpc) is 3.57. The van der Waals surface area contributed by atoms with Gasteiger partial charge in [0.25, 0.3) is 0 Å². The Kier molecular flexibility index (Phi) is 7.83. The maximum Gasteiger partial charge on any atom is 0.416 e. The third kappa shape index (κ3) is 6.38. The summed E-state index contributed by atoms with van der Waals surface area (Å²) >= 11 is -1.73. The molecule has 0 spiro atoms. The van der Waals surface area contributed by atoms with Crippen molar-refractivity contribution in [2.75, 3.05) is 6.54 Å². The number of ether oxygens (including phenoxy) is 1. The molecule has 1 fully saturated rings. The van der Waals surface area contributed by atoms with Gasteiger partial charge in [-0.3, -0.25) is 4.79 Å². The largest absolute Gasteiger partial charge is 0.590 e. The SMILES string of the molecule is O=C(NCc1cccc(OCc2ccc(C(F)(F)F)cc2)c1)[C@@H]1CCCN1[S+]([O-])c1cc2ccc(F)cc2o1. The number of amides is 1. The fourth-order valence-electron chi connectivity index (χ4n) is 4.39. The summed E-state index contributed by atoms with van der Waals surface area (Å²) in [4.78, 5) is 13.0. The normalized spacial score (nSPS) is 16.9. The monoisotopic (exact) mass is 560 g/mol. The van der Waals surface area contributed by atoms with Crippen molar-refractivity contribution in [3.63, 3.8) is 0 Å². The first-order valence-electron chi connectivity index (χ1n) is 12.2. The van der Waals surface area contributed by atoms with Crippen LogP contribution >= 0.6 is 0 Å². The Balaban J connectivity index is 1.17. The summed E-state index contributed by atoms with van der Waals surface area (Å²) in [7, 11) is 0. The van der Waals surface area contributed by atoms with Crippen molar-refractivity contribution in [1.82, 2.24) is 9.62 Å². The van der Waals surface area contributed by atoms with Gasteiger partial charge in [-0.25, -0.2) is 4.39 Å². The van der Waals surface area contributed by atoms with E-state index in [9.17, 15) is 26.9 Å². The fraction of sp³-hybridized carbons (Fsp3) is 0.250. The van der Waals surface area contributed by atoms with E-state index < -0.39 is 35.0 Å². The summed E-state index contributed by atoms with van der Waals surface area (Å²) in [6, 6.07) is 16.8. The quantitative estimate of drug-likeness (QED) is 0.212. The average molecular weight is 561 g/mol. The minimum atomic E-state index is -4.39. The van der Waals surface area contributed by atoms with Gasteiger partial charge >= 0.3 is 11.3 Å². The molecule has 3 aromatic carbocycles.